The molecule has 1 aromatic heterocycles. The van der Waals surface area contributed by atoms with Gasteiger partial charge in [-0.05, 0) is 38.5 Å². The van der Waals surface area contributed by atoms with E-state index in [4.69, 9.17) is 10.00 Å². The van der Waals surface area contributed by atoms with Crippen molar-refractivity contribution in [3.63, 3.8) is 0 Å². The third-order valence-corrected chi connectivity index (χ3v) is 4.66. The number of carbonyl (C=O) groups excluding carboxylic acids is 1. The molecule has 0 radical (unpaired) electrons. The molecule has 5 nitrogen and oxygen atoms in total. The standard InChI is InChI=1S/C20H21N3O2/c1-13-12-25-19(16-7-5-4-6-8-16)15(3)23(13)20(24)18-10-9-17(11-21)14(2)22-18/h4-10,13,15,19H,12H2,1-3H3/t13-,15-,19-/m1/s1. The van der Waals surface area contributed by atoms with Crippen LogP contribution in [0.1, 0.15) is 47.3 Å². The lowest BCUT2D eigenvalue weighted by Gasteiger charge is -2.43. The van der Waals surface area contributed by atoms with Crippen molar-refractivity contribution in [3.05, 3.63) is 65.0 Å². The topological polar surface area (TPSA) is 66.2 Å². The van der Waals surface area contributed by atoms with E-state index >= 15 is 0 Å². The van der Waals surface area contributed by atoms with Crippen LogP contribution >= 0.6 is 0 Å². The molecule has 0 N–H and O–H groups in total. The van der Waals surface area contributed by atoms with Crippen molar-refractivity contribution in [2.75, 3.05) is 6.61 Å². The molecular weight excluding hydrogens is 314 g/mol. The fourth-order valence-electron chi connectivity index (χ4n) is 3.34. The van der Waals surface area contributed by atoms with Gasteiger partial charge in [0.15, 0.2) is 0 Å². The van der Waals surface area contributed by atoms with E-state index in [0.717, 1.165) is 5.56 Å². The molecule has 0 unspecified atom stereocenters. The average Bonchev–Trinajstić information content (AvgIpc) is 2.62. The van der Waals surface area contributed by atoms with Crippen molar-refractivity contribution < 1.29 is 9.53 Å². The minimum absolute atomic E-state index is 0.0415. The van der Waals surface area contributed by atoms with Crippen molar-refractivity contribution in [2.45, 2.75) is 39.0 Å². The Morgan fingerprint density at radius 3 is 2.60 bits per heavy atom. The molecule has 128 valence electrons. The number of hydrogen-bond acceptors (Lipinski definition) is 4. The Kier molecular flexibility index (Phi) is 4.82. The van der Waals surface area contributed by atoms with Gasteiger partial charge in [-0.1, -0.05) is 30.3 Å². The van der Waals surface area contributed by atoms with Crippen molar-refractivity contribution in [3.8, 4) is 6.07 Å². The summed E-state index contributed by atoms with van der Waals surface area (Å²) in [7, 11) is 0. The van der Waals surface area contributed by atoms with E-state index in [1.807, 2.05) is 49.1 Å². The lowest BCUT2D eigenvalue weighted by atomic mass is 9.98. The van der Waals surface area contributed by atoms with Crippen LogP contribution in [0, 0.1) is 18.3 Å². The Morgan fingerprint density at radius 1 is 1.24 bits per heavy atom. The molecule has 1 saturated heterocycles. The van der Waals surface area contributed by atoms with E-state index in [9.17, 15) is 4.79 Å². The first-order chi connectivity index (χ1) is 12.0. The first-order valence-corrected chi connectivity index (χ1v) is 8.40. The summed E-state index contributed by atoms with van der Waals surface area (Å²) >= 11 is 0. The molecule has 0 bridgehead atoms. The van der Waals surface area contributed by atoms with Crippen LogP contribution in [0.3, 0.4) is 0 Å². The van der Waals surface area contributed by atoms with Gasteiger partial charge in [0.2, 0.25) is 0 Å². The normalized spacial score (nSPS) is 23.1. The smallest absolute Gasteiger partial charge is 0.273 e. The van der Waals surface area contributed by atoms with Crippen LogP contribution < -0.4 is 0 Å². The molecular formula is C20H21N3O2. The molecule has 0 saturated carbocycles. The largest absolute Gasteiger partial charge is 0.369 e. The molecule has 1 aromatic carbocycles. The number of benzene rings is 1. The van der Waals surface area contributed by atoms with Crippen LogP contribution in [0.5, 0.6) is 0 Å². The number of aryl methyl sites for hydroxylation is 1. The first kappa shape index (κ1) is 17.1. The number of rotatable bonds is 2. The van der Waals surface area contributed by atoms with Crippen LogP contribution in [-0.4, -0.2) is 34.5 Å². The summed E-state index contributed by atoms with van der Waals surface area (Å²) < 4.78 is 6.01. The van der Waals surface area contributed by atoms with Gasteiger partial charge in [-0.25, -0.2) is 4.98 Å². The molecule has 25 heavy (non-hydrogen) atoms. The number of amides is 1. The highest BCUT2D eigenvalue weighted by Crippen LogP contribution is 2.31. The lowest BCUT2D eigenvalue weighted by Crippen LogP contribution is -2.53. The van der Waals surface area contributed by atoms with E-state index < -0.39 is 0 Å². The number of carbonyl (C=O) groups is 1. The second kappa shape index (κ2) is 7.04. The molecule has 3 rings (SSSR count). The van der Waals surface area contributed by atoms with Gasteiger partial charge in [-0.15, -0.1) is 0 Å². The lowest BCUT2D eigenvalue weighted by molar-refractivity contribution is -0.0807. The summed E-state index contributed by atoms with van der Waals surface area (Å²) in [6.07, 6.45) is -0.166. The van der Waals surface area contributed by atoms with E-state index in [1.54, 1.807) is 19.1 Å². The summed E-state index contributed by atoms with van der Waals surface area (Å²) in [5.41, 5.74) is 2.48. The van der Waals surface area contributed by atoms with E-state index in [1.165, 1.54) is 0 Å². The molecule has 2 heterocycles. The quantitative estimate of drug-likeness (QED) is 0.845. The van der Waals surface area contributed by atoms with E-state index in [-0.39, 0.29) is 24.1 Å². The van der Waals surface area contributed by atoms with Gasteiger partial charge < -0.3 is 9.64 Å². The molecule has 3 atom stereocenters. The maximum Gasteiger partial charge on any atom is 0.273 e. The number of ether oxygens (including phenoxy) is 1. The number of hydrogen-bond donors (Lipinski definition) is 0. The van der Waals surface area contributed by atoms with Crippen LogP contribution in [0.25, 0.3) is 0 Å². The minimum atomic E-state index is -0.166. The zero-order chi connectivity index (χ0) is 18.0. The van der Waals surface area contributed by atoms with Gasteiger partial charge in [0.1, 0.15) is 17.9 Å². The Hall–Kier alpha value is -2.71. The zero-order valence-corrected chi connectivity index (χ0v) is 14.6. The van der Waals surface area contributed by atoms with E-state index in [0.29, 0.717) is 23.6 Å². The van der Waals surface area contributed by atoms with Gasteiger partial charge in [0.25, 0.3) is 5.91 Å². The fraction of sp³-hybridized carbons (Fsp3) is 0.350. The van der Waals surface area contributed by atoms with Crippen molar-refractivity contribution in [1.82, 2.24) is 9.88 Å². The van der Waals surface area contributed by atoms with Gasteiger partial charge in [0, 0.05) is 0 Å². The van der Waals surface area contributed by atoms with Crippen LogP contribution in [0.4, 0.5) is 0 Å². The maximum atomic E-state index is 13.1. The summed E-state index contributed by atoms with van der Waals surface area (Å²) in [6.45, 7) is 6.20. The first-order valence-electron chi connectivity index (χ1n) is 8.40. The predicted octanol–water partition coefficient (Wildman–Crippen LogP) is 3.25. The number of pyridine rings is 1. The summed E-state index contributed by atoms with van der Waals surface area (Å²) in [5.74, 6) is -0.128. The van der Waals surface area contributed by atoms with Gasteiger partial charge >= 0.3 is 0 Å². The highest BCUT2D eigenvalue weighted by atomic mass is 16.5. The van der Waals surface area contributed by atoms with E-state index in [2.05, 4.69) is 11.1 Å². The van der Waals surface area contributed by atoms with Crippen molar-refractivity contribution >= 4 is 5.91 Å². The molecule has 5 heteroatoms. The average molecular weight is 335 g/mol. The number of morpholine rings is 1. The second-order valence-electron chi connectivity index (χ2n) is 6.41. The maximum absolute atomic E-state index is 13.1. The Bertz CT molecular complexity index is 813. The summed E-state index contributed by atoms with van der Waals surface area (Å²) in [4.78, 5) is 19.2. The fourth-order valence-corrected chi connectivity index (χ4v) is 3.34. The molecule has 0 aliphatic carbocycles. The molecule has 2 aromatic rings. The minimum Gasteiger partial charge on any atom is -0.369 e. The molecule has 0 spiro atoms. The van der Waals surface area contributed by atoms with Gasteiger partial charge in [0.05, 0.1) is 29.9 Å². The zero-order valence-electron chi connectivity index (χ0n) is 14.6. The van der Waals surface area contributed by atoms with Crippen molar-refractivity contribution in [1.29, 1.82) is 5.26 Å². The SMILES string of the molecule is Cc1nc(C(=O)N2[C@H](C)CO[C@@H](c3ccccc3)[C@H]2C)ccc1C#N. The Morgan fingerprint density at radius 2 is 1.96 bits per heavy atom. The monoisotopic (exact) mass is 335 g/mol. The van der Waals surface area contributed by atoms with Gasteiger partial charge in [-0.2, -0.15) is 5.26 Å². The van der Waals surface area contributed by atoms with Crippen LogP contribution in [-0.2, 0) is 4.74 Å². The Balaban J connectivity index is 1.90. The summed E-state index contributed by atoms with van der Waals surface area (Å²) in [5, 5.41) is 9.04. The molecule has 1 fully saturated rings. The van der Waals surface area contributed by atoms with Crippen LogP contribution in [0.15, 0.2) is 42.5 Å². The molecule has 1 aliphatic rings. The number of nitrogens with zero attached hydrogens (tertiary/aromatic N) is 3. The van der Waals surface area contributed by atoms with Crippen molar-refractivity contribution in [2.24, 2.45) is 0 Å². The molecule has 1 aliphatic heterocycles. The Labute approximate surface area is 147 Å². The highest BCUT2D eigenvalue weighted by molar-refractivity contribution is 5.93. The number of nitriles is 1. The molecule has 1 amide bonds. The predicted molar refractivity (Wildman–Crippen MR) is 93.9 cm³/mol. The highest BCUT2D eigenvalue weighted by Gasteiger charge is 2.37. The number of aromatic nitrogens is 1. The third kappa shape index (κ3) is 3.26. The summed E-state index contributed by atoms with van der Waals surface area (Å²) in [6, 6.07) is 15.1. The van der Waals surface area contributed by atoms with Crippen LogP contribution in [0.2, 0.25) is 0 Å². The third-order valence-electron chi connectivity index (χ3n) is 4.66. The second-order valence-corrected chi connectivity index (χ2v) is 6.41. The van der Waals surface area contributed by atoms with Gasteiger partial charge in [-0.3, -0.25) is 4.79 Å².